The fourth-order valence-electron chi connectivity index (χ4n) is 2.67. The molecule has 25 heavy (non-hydrogen) atoms. The van der Waals surface area contributed by atoms with Gasteiger partial charge in [0, 0.05) is 39.5 Å². The van der Waals surface area contributed by atoms with E-state index < -0.39 is 0 Å². The second-order valence-electron chi connectivity index (χ2n) is 6.32. The monoisotopic (exact) mass is 344 g/mol. The van der Waals surface area contributed by atoms with Gasteiger partial charge in [0.1, 0.15) is 6.33 Å². The Balaban J connectivity index is 1.58. The molecular weight excluding hydrogens is 320 g/mol. The van der Waals surface area contributed by atoms with E-state index in [1.807, 2.05) is 43.3 Å². The number of nitrogens with zero attached hydrogens (tertiary/aromatic N) is 4. The molecule has 2 N–H and O–H groups in total. The molecular formula is C17H24N6O2. The lowest BCUT2D eigenvalue weighted by Gasteiger charge is -2.22. The summed E-state index contributed by atoms with van der Waals surface area (Å²) >= 11 is 0. The first kappa shape index (κ1) is 17.2. The molecule has 3 rings (SSSR count). The summed E-state index contributed by atoms with van der Waals surface area (Å²) in [7, 11) is 3.78. The van der Waals surface area contributed by atoms with Gasteiger partial charge in [-0.05, 0) is 37.0 Å². The number of carbonyl (C=O) groups excluding carboxylic acids is 1. The smallest absolute Gasteiger partial charge is 0.319 e. The summed E-state index contributed by atoms with van der Waals surface area (Å²) in [6.45, 7) is 2.23. The van der Waals surface area contributed by atoms with Crippen LogP contribution in [0.2, 0.25) is 0 Å². The van der Waals surface area contributed by atoms with Crippen molar-refractivity contribution in [3.63, 3.8) is 0 Å². The molecule has 8 nitrogen and oxygen atoms in total. The zero-order chi connectivity index (χ0) is 17.6. The molecule has 2 heterocycles. The Morgan fingerprint density at radius 2 is 2.16 bits per heavy atom. The van der Waals surface area contributed by atoms with Crippen LogP contribution in [0.5, 0.6) is 0 Å². The van der Waals surface area contributed by atoms with Gasteiger partial charge in [-0.2, -0.15) is 4.98 Å². The highest BCUT2D eigenvalue weighted by atomic mass is 16.5. The van der Waals surface area contributed by atoms with E-state index >= 15 is 0 Å². The minimum atomic E-state index is -0.198. The molecule has 1 aliphatic rings. The van der Waals surface area contributed by atoms with Crippen LogP contribution in [-0.2, 0) is 4.74 Å². The van der Waals surface area contributed by atoms with E-state index in [9.17, 15) is 4.79 Å². The van der Waals surface area contributed by atoms with Crippen molar-refractivity contribution in [2.24, 2.45) is 5.92 Å². The number of amides is 2. The van der Waals surface area contributed by atoms with E-state index in [4.69, 9.17) is 4.74 Å². The molecule has 0 atom stereocenters. The Hall–Kier alpha value is -2.61. The van der Waals surface area contributed by atoms with Crippen LogP contribution in [-0.4, -0.2) is 54.6 Å². The number of carbonyl (C=O) groups is 1. The molecule has 0 aliphatic carbocycles. The number of anilines is 2. The Bertz CT molecular complexity index is 709. The fourth-order valence-corrected chi connectivity index (χ4v) is 2.67. The molecule has 0 spiro atoms. The lowest BCUT2D eigenvalue weighted by atomic mass is 10.0. The maximum absolute atomic E-state index is 12.1. The number of urea groups is 1. The summed E-state index contributed by atoms with van der Waals surface area (Å²) in [5, 5.41) is 10.2. The van der Waals surface area contributed by atoms with Gasteiger partial charge in [-0.25, -0.2) is 9.48 Å². The maximum atomic E-state index is 12.1. The average molecular weight is 344 g/mol. The van der Waals surface area contributed by atoms with E-state index in [-0.39, 0.29) is 6.03 Å². The zero-order valence-corrected chi connectivity index (χ0v) is 14.6. The number of aromatic nitrogens is 3. The van der Waals surface area contributed by atoms with Crippen molar-refractivity contribution >= 4 is 17.7 Å². The topological polar surface area (TPSA) is 84.3 Å². The number of benzene rings is 1. The van der Waals surface area contributed by atoms with Crippen LogP contribution in [0.3, 0.4) is 0 Å². The highest BCUT2D eigenvalue weighted by Gasteiger charge is 2.14. The molecule has 0 bridgehead atoms. The molecule has 0 radical (unpaired) electrons. The van der Waals surface area contributed by atoms with Gasteiger partial charge in [-0.3, -0.25) is 0 Å². The molecule has 1 aromatic heterocycles. The fraction of sp³-hybridized carbons (Fsp3) is 0.471. The largest absolute Gasteiger partial charge is 0.381 e. The quantitative estimate of drug-likeness (QED) is 0.865. The third kappa shape index (κ3) is 4.69. The third-order valence-electron chi connectivity index (χ3n) is 4.14. The molecule has 1 saturated heterocycles. The number of rotatable bonds is 5. The number of hydrogen-bond acceptors (Lipinski definition) is 5. The lowest BCUT2D eigenvalue weighted by Crippen LogP contribution is -2.35. The van der Waals surface area contributed by atoms with Gasteiger partial charge in [-0.1, -0.05) is 6.07 Å². The van der Waals surface area contributed by atoms with Crippen molar-refractivity contribution in [1.82, 2.24) is 20.1 Å². The van der Waals surface area contributed by atoms with Crippen molar-refractivity contribution < 1.29 is 9.53 Å². The Labute approximate surface area is 147 Å². The number of ether oxygens (including phenoxy) is 1. The molecule has 1 aliphatic heterocycles. The van der Waals surface area contributed by atoms with Gasteiger partial charge < -0.3 is 20.3 Å². The SMILES string of the molecule is CN(C)c1ncn(-c2cccc(NC(=O)NCC3CCOCC3)c2)n1. The summed E-state index contributed by atoms with van der Waals surface area (Å²) in [5.74, 6) is 1.12. The second kappa shape index (κ2) is 7.98. The number of nitrogens with one attached hydrogen (secondary N) is 2. The molecule has 8 heteroatoms. The van der Waals surface area contributed by atoms with Gasteiger partial charge >= 0.3 is 6.03 Å². The highest BCUT2D eigenvalue weighted by molar-refractivity contribution is 5.89. The van der Waals surface area contributed by atoms with Crippen LogP contribution in [0.1, 0.15) is 12.8 Å². The summed E-state index contributed by atoms with van der Waals surface area (Å²) in [4.78, 5) is 18.2. The molecule has 0 unspecified atom stereocenters. The van der Waals surface area contributed by atoms with Crippen molar-refractivity contribution in [2.75, 3.05) is 44.1 Å². The summed E-state index contributed by atoms with van der Waals surface area (Å²) < 4.78 is 7.01. The van der Waals surface area contributed by atoms with Crippen molar-refractivity contribution in [3.05, 3.63) is 30.6 Å². The second-order valence-corrected chi connectivity index (χ2v) is 6.32. The third-order valence-corrected chi connectivity index (χ3v) is 4.14. The van der Waals surface area contributed by atoms with Crippen LogP contribution < -0.4 is 15.5 Å². The Kier molecular flexibility index (Phi) is 5.49. The Morgan fingerprint density at radius 3 is 2.88 bits per heavy atom. The van der Waals surface area contributed by atoms with E-state index in [0.29, 0.717) is 24.1 Å². The van der Waals surface area contributed by atoms with E-state index in [2.05, 4.69) is 20.7 Å². The van der Waals surface area contributed by atoms with Crippen LogP contribution in [0.4, 0.5) is 16.4 Å². The molecule has 134 valence electrons. The number of hydrogen-bond donors (Lipinski definition) is 2. The van der Waals surface area contributed by atoms with Gasteiger partial charge in [0.15, 0.2) is 0 Å². The maximum Gasteiger partial charge on any atom is 0.319 e. The van der Waals surface area contributed by atoms with E-state index in [1.165, 1.54) is 0 Å². The minimum absolute atomic E-state index is 0.198. The molecule has 0 saturated carbocycles. The van der Waals surface area contributed by atoms with Gasteiger partial charge in [0.05, 0.1) is 5.69 Å². The van der Waals surface area contributed by atoms with Crippen LogP contribution in [0, 0.1) is 5.92 Å². The lowest BCUT2D eigenvalue weighted by molar-refractivity contribution is 0.0671. The summed E-state index contributed by atoms with van der Waals surface area (Å²) in [6, 6.07) is 7.31. The molecule has 1 aromatic carbocycles. The first-order valence-electron chi connectivity index (χ1n) is 8.44. The highest BCUT2D eigenvalue weighted by Crippen LogP contribution is 2.16. The molecule has 2 aromatic rings. The Morgan fingerprint density at radius 1 is 1.36 bits per heavy atom. The average Bonchev–Trinajstić information content (AvgIpc) is 3.12. The van der Waals surface area contributed by atoms with Crippen molar-refractivity contribution in [2.45, 2.75) is 12.8 Å². The van der Waals surface area contributed by atoms with Gasteiger partial charge in [0.25, 0.3) is 0 Å². The molecule has 1 fully saturated rings. The predicted molar refractivity (Wildman–Crippen MR) is 96.3 cm³/mol. The summed E-state index contributed by atoms with van der Waals surface area (Å²) in [5.41, 5.74) is 1.55. The first-order valence-corrected chi connectivity index (χ1v) is 8.44. The van der Waals surface area contributed by atoms with Gasteiger partial charge in [0.2, 0.25) is 5.95 Å². The van der Waals surface area contributed by atoms with E-state index in [1.54, 1.807) is 11.0 Å². The van der Waals surface area contributed by atoms with E-state index in [0.717, 1.165) is 31.7 Å². The van der Waals surface area contributed by atoms with Crippen LogP contribution >= 0.6 is 0 Å². The van der Waals surface area contributed by atoms with Crippen LogP contribution in [0.25, 0.3) is 5.69 Å². The first-order chi connectivity index (χ1) is 12.1. The van der Waals surface area contributed by atoms with Crippen molar-refractivity contribution in [3.8, 4) is 5.69 Å². The van der Waals surface area contributed by atoms with Gasteiger partial charge in [-0.15, -0.1) is 5.10 Å². The predicted octanol–water partition coefficient (Wildman–Crippen LogP) is 1.88. The minimum Gasteiger partial charge on any atom is -0.381 e. The van der Waals surface area contributed by atoms with Crippen molar-refractivity contribution in [1.29, 1.82) is 0 Å². The zero-order valence-electron chi connectivity index (χ0n) is 14.6. The van der Waals surface area contributed by atoms with Crippen LogP contribution in [0.15, 0.2) is 30.6 Å². The standard InChI is InChI=1S/C17H24N6O2/c1-22(2)16-19-12-23(21-16)15-5-3-4-14(10-15)20-17(24)18-11-13-6-8-25-9-7-13/h3-5,10,12-13H,6-9,11H2,1-2H3,(H2,18,20,24). The summed E-state index contributed by atoms with van der Waals surface area (Å²) in [6.07, 6.45) is 3.65. The normalized spacial score (nSPS) is 15.0. The molecule has 2 amide bonds.